The quantitative estimate of drug-likeness (QED) is 0.799. The van der Waals surface area contributed by atoms with E-state index in [1.54, 1.807) is 16.4 Å². The largest absolute Gasteiger partial charge is 0.252 e. The summed E-state index contributed by atoms with van der Waals surface area (Å²) >= 11 is 8.81. The van der Waals surface area contributed by atoms with Gasteiger partial charge in [-0.3, -0.25) is 0 Å². The normalized spacial score (nSPS) is 19.2. The van der Waals surface area contributed by atoms with Gasteiger partial charge in [0.05, 0.1) is 5.88 Å². The maximum Gasteiger partial charge on any atom is 0.252 e. The molecule has 0 amide bonds. The number of nitrogens with zero attached hydrogens (tertiary/aromatic N) is 1. The lowest BCUT2D eigenvalue weighted by molar-refractivity contribution is 0.353. The zero-order valence-electron chi connectivity index (χ0n) is 10.1. The highest BCUT2D eigenvalue weighted by atomic mass is 35.5. The summed E-state index contributed by atoms with van der Waals surface area (Å²) in [5.74, 6) is 0.370. The highest BCUT2D eigenvalue weighted by molar-refractivity contribution is 7.99. The smallest absolute Gasteiger partial charge is 0.206 e. The molecule has 2 heterocycles. The molecule has 7 heteroatoms. The Balaban J connectivity index is 2.12. The molecule has 0 saturated carbocycles. The van der Waals surface area contributed by atoms with Gasteiger partial charge in [-0.15, -0.1) is 22.9 Å². The van der Waals surface area contributed by atoms with E-state index in [2.05, 4.69) is 6.26 Å². The fraction of sp³-hybridized carbons (Fsp3) is 0.636. The van der Waals surface area contributed by atoms with Crippen molar-refractivity contribution < 1.29 is 8.42 Å². The second-order valence-electron chi connectivity index (χ2n) is 4.19. The van der Waals surface area contributed by atoms with Crippen LogP contribution in [-0.4, -0.2) is 37.3 Å². The first-order chi connectivity index (χ1) is 8.57. The summed E-state index contributed by atoms with van der Waals surface area (Å²) in [6.07, 6.45) is 3.96. The molecule has 0 atom stereocenters. The van der Waals surface area contributed by atoms with Crippen molar-refractivity contribution in [3.8, 4) is 0 Å². The first-order valence-electron chi connectivity index (χ1n) is 5.75. The Bertz CT molecular complexity index is 492. The van der Waals surface area contributed by atoms with Crippen LogP contribution in [0.1, 0.15) is 17.7 Å². The van der Waals surface area contributed by atoms with E-state index < -0.39 is 10.0 Å². The van der Waals surface area contributed by atoms with Crippen LogP contribution in [0.2, 0.25) is 0 Å². The molecule has 0 aliphatic carbocycles. The van der Waals surface area contributed by atoms with Crippen LogP contribution in [0.4, 0.5) is 0 Å². The summed E-state index contributed by atoms with van der Waals surface area (Å²) < 4.78 is 26.8. The molecule has 2 rings (SSSR count). The van der Waals surface area contributed by atoms with Gasteiger partial charge >= 0.3 is 0 Å². The van der Waals surface area contributed by atoms with Crippen molar-refractivity contribution in [2.24, 2.45) is 0 Å². The molecular formula is C11H16ClNO2S3. The van der Waals surface area contributed by atoms with Gasteiger partial charge in [-0.1, -0.05) is 0 Å². The average molecular weight is 326 g/mol. The molecule has 1 aliphatic rings. The summed E-state index contributed by atoms with van der Waals surface area (Å²) in [6.45, 7) is 1.25. The second kappa shape index (κ2) is 6.13. The lowest BCUT2D eigenvalue weighted by Crippen LogP contribution is -2.38. The van der Waals surface area contributed by atoms with Crippen LogP contribution in [0.3, 0.4) is 0 Å². The monoisotopic (exact) mass is 325 g/mol. The highest BCUT2D eigenvalue weighted by Gasteiger charge is 2.30. The summed E-state index contributed by atoms with van der Waals surface area (Å²) in [6, 6.07) is 3.46. The van der Waals surface area contributed by atoms with Gasteiger partial charge in [-0.2, -0.15) is 16.1 Å². The van der Waals surface area contributed by atoms with Crippen molar-refractivity contribution in [2.75, 3.05) is 19.3 Å². The average Bonchev–Trinajstić information content (AvgIpc) is 2.88. The van der Waals surface area contributed by atoms with Crippen LogP contribution in [0.25, 0.3) is 0 Å². The van der Waals surface area contributed by atoms with Crippen LogP contribution in [-0.2, 0) is 15.9 Å². The van der Waals surface area contributed by atoms with Crippen LogP contribution in [0.15, 0.2) is 16.3 Å². The fourth-order valence-corrected chi connectivity index (χ4v) is 5.77. The predicted octanol–water partition coefficient (Wildman–Crippen LogP) is 3.00. The van der Waals surface area contributed by atoms with Crippen molar-refractivity contribution in [2.45, 2.75) is 28.2 Å². The minimum absolute atomic E-state index is 0.370. The number of sulfonamides is 1. The van der Waals surface area contributed by atoms with Crippen molar-refractivity contribution in [3.63, 3.8) is 0 Å². The SMILES string of the molecule is CSC1CCN(S(=O)(=O)c2ccc(CCl)s2)CC1. The second-order valence-corrected chi connectivity index (χ2v) is 8.93. The van der Waals surface area contributed by atoms with E-state index in [4.69, 9.17) is 11.6 Å². The van der Waals surface area contributed by atoms with Gasteiger partial charge in [0.1, 0.15) is 4.21 Å². The summed E-state index contributed by atoms with van der Waals surface area (Å²) in [5, 5.41) is 0.596. The zero-order chi connectivity index (χ0) is 13.2. The van der Waals surface area contributed by atoms with Gasteiger partial charge in [-0.25, -0.2) is 8.42 Å². The molecule has 0 bridgehead atoms. The molecule has 18 heavy (non-hydrogen) atoms. The summed E-state index contributed by atoms with van der Waals surface area (Å²) in [5.41, 5.74) is 0. The molecule has 0 spiro atoms. The Hall–Kier alpha value is 0.250. The van der Waals surface area contributed by atoms with Crippen LogP contribution >= 0.6 is 34.7 Å². The van der Waals surface area contributed by atoms with Crippen molar-refractivity contribution in [3.05, 3.63) is 17.0 Å². The molecule has 1 fully saturated rings. The van der Waals surface area contributed by atoms with Crippen LogP contribution in [0, 0.1) is 0 Å². The van der Waals surface area contributed by atoms with Crippen molar-refractivity contribution in [1.29, 1.82) is 0 Å². The van der Waals surface area contributed by atoms with Crippen LogP contribution < -0.4 is 0 Å². The maximum absolute atomic E-state index is 12.4. The lowest BCUT2D eigenvalue weighted by atomic mass is 10.2. The van der Waals surface area contributed by atoms with Crippen molar-refractivity contribution in [1.82, 2.24) is 4.31 Å². The van der Waals surface area contributed by atoms with Crippen molar-refractivity contribution >= 4 is 44.7 Å². The third kappa shape index (κ3) is 3.04. The minimum atomic E-state index is -3.30. The predicted molar refractivity (Wildman–Crippen MR) is 79.2 cm³/mol. The van der Waals surface area contributed by atoms with E-state index in [1.165, 1.54) is 11.3 Å². The van der Waals surface area contributed by atoms with Gasteiger partial charge in [0.25, 0.3) is 10.0 Å². The molecule has 102 valence electrons. The van der Waals surface area contributed by atoms with Gasteiger partial charge in [0.2, 0.25) is 0 Å². The van der Waals surface area contributed by atoms with E-state index in [1.807, 2.05) is 11.8 Å². The number of alkyl halides is 1. The van der Waals surface area contributed by atoms with E-state index in [0.717, 1.165) is 17.7 Å². The molecule has 1 aromatic heterocycles. The molecular weight excluding hydrogens is 310 g/mol. The Morgan fingerprint density at radius 1 is 1.44 bits per heavy atom. The topological polar surface area (TPSA) is 37.4 Å². The molecule has 3 nitrogen and oxygen atoms in total. The van der Waals surface area contributed by atoms with E-state index in [-0.39, 0.29) is 0 Å². The van der Waals surface area contributed by atoms with E-state index in [9.17, 15) is 8.42 Å². The number of rotatable bonds is 4. The maximum atomic E-state index is 12.4. The highest BCUT2D eigenvalue weighted by Crippen LogP contribution is 2.29. The summed E-state index contributed by atoms with van der Waals surface area (Å²) in [7, 11) is -3.30. The summed E-state index contributed by atoms with van der Waals surface area (Å²) in [4.78, 5) is 0.897. The van der Waals surface area contributed by atoms with E-state index in [0.29, 0.717) is 28.4 Å². The Morgan fingerprint density at radius 3 is 2.61 bits per heavy atom. The Morgan fingerprint density at radius 2 is 2.11 bits per heavy atom. The molecule has 1 aromatic rings. The van der Waals surface area contributed by atoms with Gasteiger partial charge < -0.3 is 0 Å². The van der Waals surface area contributed by atoms with Crippen LogP contribution in [0.5, 0.6) is 0 Å². The molecule has 1 aliphatic heterocycles. The molecule has 1 saturated heterocycles. The zero-order valence-corrected chi connectivity index (χ0v) is 13.3. The molecule has 0 N–H and O–H groups in total. The van der Waals surface area contributed by atoms with Gasteiger partial charge in [0.15, 0.2) is 0 Å². The Kier molecular flexibility index (Phi) is 4.99. The standard InChI is InChI=1S/C11H16ClNO2S3/c1-16-9-4-6-13(7-5-9)18(14,15)11-3-2-10(8-12)17-11/h2-3,9H,4-8H2,1H3. The molecule has 0 radical (unpaired) electrons. The molecule has 0 unspecified atom stereocenters. The van der Waals surface area contributed by atoms with Gasteiger partial charge in [0, 0.05) is 23.2 Å². The fourth-order valence-electron chi connectivity index (χ4n) is 2.00. The third-order valence-electron chi connectivity index (χ3n) is 3.10. The first kappa shape index (κ1) is 14.7. The Labute approximate surface area is 122 Å². The number of hydrogen-bond donors (Lipinski definition) is 0. The number of thioether (sulfide) groups is 1. The third-order valence-corrected chi connectivity index (χ3v) is 8.13. The number of piperidine rings is 1. The number of hydrogen-bond acceptors (Lipinski definition) is 4. The first-order valence-corrected chi connectivity index (χ1v) is 9.83. The lowest BCUT2D eigenvalue weighted by Gasteiger charge is -2.29. The molecule has 0 aromatic carbocycles. The van der Waals surface area contributed by atoms with E-state index >= 15 is 0 Å². The minimum Gasteiger partial charge on any atom is -0.206 e. The number of halogens is 1. The van der Waals surface area contributed by atoms with Gasteiger partial charge in [-0.05, 0) is 31.2 Å². The number of thiophene rings is 1.